The van der Waals surface area contributed by atoms with Crippen molar-refractivity contribution in [1.82, 2.24) is 9.78 Å². The van der Waals surface area contributed by atoms with Gasteiger partial charge in [0.05, 0.1) is 33.8 Å². The summed E-state index contributed by atoms with van der Waals surface area (Å²) in [5.41, 5.74) is -1.11. The normalized spacial score (nSPS) is 11.1. The molecule has 0 saturated heterocycles. The van der Waals surface area contributed by atoms with Crippen LogP contribution in [-0.2, 0) is 6.61 Å². The van der Waals surface area contributed by atoms with E-state index in [1.807, 2.05) is 0 Å². The molecule has 0 aliphatic carbocycles. The summed E-state index contributed by atoms with van der Waals surface area (Å²) < 4.78 is 1.19. The predicted octanol–water partition coefficient (Wildman–Crippen LogP) is 2.24. The predicted molar refractivity (Wildman–Crippen MR) is 106 cm³/mol. The SMILES string of the molecule is Cc1[nH]n(-c2ccccc2CO)c(=O)c1C=Nc1cc([N+](=O)[O-])cc([N+](=O)[O-])c1O. The number of nitro benzene ring substituents is 2. The Morgan fingerprint density at radius 1 is 1.20 bits per heavy atom. The molecule has 3 N–H and O–H groups in total. The van der Waals surface area contributed by atoms with Crippen LogP contribution in [0.4, 0.5) is 17.1 Å². The number of rotatable bonds is 6. The lowest BCUT2D eigenvalue weighted by atomic mass is 10.2. The smallest absolute Gasteiger partial charge is 0.319 e. The van der Waals surface area contributed by atoms with E-state index in [0.717, 1.165) is 12.3 Å². The van der Waals surface area contributed by atoms with Gasteiger partial charge in [-0.1, -0.05) is 18.2 Å². The van der Waals surface area contributed by atoms with Crippen LogP contribution < -0.4 is 5.56 Å². The van der Waals surface area contributed by atoms with Crippen molar-refractivity contribution in [3.8, 4) is 11.4 Å². The van der Waals surface area contributed by atoms with Gasteiger partial charge >= 0.3 is 5.69 Å². The number of aromatic nitrogens is 2. The Bertz CT molecular complexity index is 1240. The van der Waals surface area contributed by atoms with Crippen molar-refractivity contribution in [2.45, 2.75) is 13.5 Å². The summed E-state index contributed by atoms with van der Waals surface area (Å²) in [6, 6.07) is 8.14. The molecule has 1 aromatic heterocycles. The first-order valence-electron chi connectivity index (χ1n) is 8.45. The third-order valence-electron chi connectivity index (χ3n) is 4.31. The van der Waals surface area contributed by atoms with Crippen molar-refractivity contribution in [2.24, 2.45) is 4.99 Å². The van der Waals surface area contributed by atoms with Gasteiger partial charge in [0.1, 0.15) is 5.69 Å². The fraction of sp³-hybridized carbons (Fsp3) is 0.111. The third kappa shape index (κ3) is 3.66. The highest BCUT2D eigenvalue weighted by molar-refractivity contribution is 5.85. The molecule has 0 radical (unpaired) electrons. The van der Waals surface area contributed by atoms with Crippen LogP contribution in [-0.4, -0.2) is 36.1 Å². The molecule has 0 saturated carbocycles. The monoisotopic (exact) mass is 413 g/mol. The van der Waals surface area contributed by atoms with Crippen molar-refractivity contribution in [3.05, 3.63) is 83.8 Å². The molecule has 3 aromatic rings. The van der Waals surface area contributed by atoms with Gasteiger partial charge in [0.2, 0.25) is 5.75 Å². The minimum absolute atomic E-state index is 0.0660. The van der Waals surface area contributed by atoms with E-state index in [1.165, 1.54) is 4.68 Å². The minimum atomic E-state index is -0.971. The molecule has 12 heteroatoms. The highest BCUT2D eigenvalue weighted by Gasteiger charge is 2.24. The lowest BCUT2D eigenvalue weighted by Gasteiger charge is -2.06. The van der Waals surface area contributed by atoms with E-state index >= 15 is 0 Å². The molecule has 154 valence electrons. The van der Waals surface area contributed by atoms with Gasteiger partial charge in [0.25, 0.3) is 11.2 Å². The van der Waals surface area contributed by atoms with Crippen molar-refractivity contribution in [3.63, 3.8) is 0 Å². The number of aliphatic hydroxyl groups excluding tert-OH is 1. The number of aliphatic imine (C=N–C) groups is 1. The standard InChI is InChI=1S/C18H15N5O7/c1-10-13(18(26)21(20-10)15-5-3-2-4-11(15)9-24)8-19-14-6-12(22(27)28)7-16(17(14)25)23(29)30/h2-8,20,24-25H,9H2,1H3. The molecule has 3 rings (SSSR count). The fourth-order valence-corrected chi connectivity index (χ4v) is 2.81. The van der Waals surface area contributed by atoms with E-state index in [0.29, 0.717) is 23.0 Å². The van der Waals surface area contributed by atoms with Crippen LogP contribution in [0.1, 0.15) is 16.8 Å². The van der Waals surface area contributed by atoms with Gasteiger partial charge in [-0.2, -0.15) is 0 Å². The Morgan fingerprint density at radius 2 is 1.90 bits per heavy atom. The molecule has 0 amide bonds. The van der Waals surface area contributed by atoms with Crippen LogP contribution in [0.2, 0.25) is 0 Å². The zero-order valence-electron chi connectivity index (χ0n) is 15.5. The molecule has 30 heavy (non-hydrogen) atoms. The number of nitrogens with one attached hydrogen (secondary N) is 1. The molecule has 2 aromatic carbocycles. The second-order valence-corrected chi connectivity index (χ2v) is 6.18. The second-order valence-electron chi connectivity index (χ2n) is 6.18. The van der Waals surface area contributed by atoms with Crippen LogP contribution in [0.15, 0.2) is 46.2 Å². The molecule has 0 atom stereocenters. The van der Waals surface area contributed by atoms with E-state index in [4.69, 9.17) is 0 Å². The van der Waals surface area contributed by atoms with Gasteiger partial charge in [-0.25, -0.2) is 4.68 Å². The minimum Gasteiger partial charge on any atom is -0.501 e. The summed E-state index contributed by atoms with van der Waals surface area (Å²) in [6.45, 7) is 1.28. The number of aryl methyl sites for hydroxylation is 1. The Morgan fingerprint density at radius 3 is 2.53 bits per heavy atom. The van der Waals surface area contributed by atoms with Crippen LogP contribution in [0.25, 0.3) is 5.69 Å². The average Bonchev–Trinajstić information content (AvgIpc) is 3.00. The van der Waals surface area contributed by atoms with Crippen LogP contribution >= 0.6 is 0 Å². The number of aromatic amines is 1. The number of para-hydroxylation sites is 1. The quantitative estimate of drug-likeness (QED) is 0.315. The van der Waals surface area contributed by atoms with Crippen LogP contribution in [0, 0.1) is 27.2 Å². The molecule has 1 heterocycles. The summed E-state index contributed by atoms with van der Waals surface area (Å²) >= 11 is 0. The number of H-pyrrole nitrogens is 1. The fourth-order valence-electron chi connectivity index (χ4n) is 2.81. The lowest BCUT2D eigenvalue weighted by molar-refractivity contribution is -0.394. The molecule has 0 aliphatic heterocycles. The Hall–Kier alpha value is -4.32. The molecule has 0 bridgehead atoms. The number of nitrogens with zero attached hydrogens (tertiary/aromatic N) is 4. The molecule has 0 spiro atoms. The first kappa shape index (κ1) is 20.4. The number of aliphatic hydroxyl groups is 1. The van der Waals surface area contributed by atoms with E-state index in [-0.39, 0.29) is 12.2 Å². The highest BCUT2D eigenvalue weighted by atomic mass is 16.6. The van der Waals surface area contributed by atoms with Crippen molar-refractivity contribution in [1.29, 1.82) is 0 Å². The van der Waals surface area contributed by atoms with Gasteiger partial charge in [-0.15, -0.1) is 0 Å². The summed E-state index contributed by atoms with van der Waals surface area (Å²) in [5, 5.41) is 44.4. The number of nitro groups is 2. The number of benzene rings is 2. The summed E-state index contributed by atoms with van der Waals surface area (Å²) in [7, 11) is 0. The summed E-state index contributed by atoms with van der Waals surface area (Å²) in [4.78, 5) is 36.9. The molecular formula is C18H15N5O7. The van der Waals surface area contributed by atoms with E-state index < -0.39 is 38.2 Å². The molecular weight excluding hydrogens is 398 g/mol. The number of hydrogen-bond acceptors (Lipinski definition) is 8. The van der Waals surface area contributed by atoms with E-state index in [1.54, 1.807) is 31.2 Å². The van der Waals surface area contributed by atoms with Crippen LogP contribution in [0.3, 0.4) is 0 Å². The maximum Gasteiger partial charge on any atom is 0.319 e. The number of non-ortho nitro benzene ring substituents is 1. The number of phenolic OH excluding ortho intramolecular Hbond substituents is 1. The Kier molecular flexibility index (Phi) is 5.42. The van der Waals surface area contributed by atoms with E-state index in [2.05, 4.69) is 10.1 Å². The van der Waals surface area contributed by atoms with Gasteiger partial charge < -0.3 is 10.2 Å². The highest BCUT2D eigenvalue weighted by Crippen LogP contribution is 2.39. The largest absolute Gasteiger partial charge is 0.501 e. The molecule has 0 aliphatic rings. The van der Waals surface area contributed by atoms with Crippen molar-refractivity contribution >= 4 is 23.3 Å². The molecule has 12 nitrogen and oxygen atoms in total. The van der Waals surface area contributed by atoms with Crippen molar-refractivity contribution in [2.75, 3.05) is 0 Å². The topological polar surface area (TPSA) is 177 Å². The zero-order valence-corrected chi connectivity index (χ0v) is 15.5. The number of hydrogen-bond donors (Lipinski definition) is 3. The second kappa shape index (κ2) is 7.97. The maximum atomic E-state index is 12.8. The number of aromatic hydroxyl groups is 1. The first-order chi connectivity index (χ1) is 14.2. The first-order valence-corrected chi connectivity index (χ1v) is 8.45. The van der Waals surface area contributed by atoms with E-state index in [9.17, 15) is 35.2 Å². The summed E-state index contributed by atoms with van der Waals surface area (Å²) in [6.07, 6.45) is 1.05. The van der Waals surface area contributed by atoms with Crippen molar-refractivity contribution < 1.29 is 20.1 Å². The Labute approximate surface area is 167 Å². The lowest BCUT2D eigenvalue weighted by Crippen LogP contribution is -2.18. The van der Waals surface area contributed by atoms with Gasteiger partial charge in [-0.05, 0) is 13.0 Å². The van der Waals surface area contributed by atoms with Gasteiger partial charge in [0, 0.05) is 23.5 Å². The molecule has 0 fully saturated rings. The summed E-state index contributed by atoms with van der Waals surface area (Å²) in [5.74, 6) is -0.860. The van der Waals surface area contributed by atoms with Gasteiger partial charge in [-0.3, -0.25) is 35.1 Å². The Balaban J connectivity index is 2.10. The average molecular weight is 413 g/mol. The zero-order chi connectivity index (χ0) is 22.0. The van der Waals surface area contributed by atoms with Crippen LogP contribution in [0.5, 0.6) is 5.75 Å². The third-order valence-corrected chi connectivity index (χ3v) is 4.31. The molecule has 0 unspecified atom stereocenters. The van der Waals surface area contributed by atoms with Gasteiger partial charge in [0.15, 0.2) is 0 Å². The number of phenols is 1. The maximum absolute atomic E-state index is 12.8.